The molecule has 2 rings (SSSR count). The lowest BCUT2D eigenvalue weighted by Gasteiger charge is -2.04. The molecule has 0 bridgehead atoms. The summed E-state index contributed by atoms with van der Waals surface area (Å²) in [6.07, 6.45) is 3.92. The first kappa shape index (κ1) is 20.9. The van der Waals surface area contributed by atoms with E-state index in [1.54, 1.807) is 22.7 Å². The Morgan fingerprint density at radius 1 is 1.15 bits per heavy atom. The third-order valence-electron chi connectivity index (χ3n) is 3.93. The van der Waals surface area contributed by atoms with Gasteiger partial charge in [0.25, 0.3) is 0 Å². The van der Waals surface area contributed by atoms with Crippen LogP contribution in [0.5, 0.6) is 0 Å². The monoisotopic (exact) mass is 394 g/mol. The van der Waals surface area contributed by atoms with E-state index in [0.29, 0.717) is 30.9 Å². The van der Waals surface area contributed by atoms with Gasteiger partial charge in [0.05, 0.1) is 5.01 Å². The molecule has 0 spiro atoms. The fraction of sp³-hybridized carbons (Fsp3) is 0.579. The summed E-state index contributed by atoms with van der Waals surface area (Å²) in [6, 6.07) is 0. The van der Waals surface area contributed by atoms with Gasteiger partial charge in [-0.1, -0.05) is 20.3 Å². The average molecular weight is 395 g/mol. The second kappa shape index (κ2) is 10.0. The molecule has 0 radical (unpaired) electrons. The third-order valence-corrected chi connectivity index (χ3v) is 5.80. The van der Waals surface area contributed by atoms with E-state index in [9.17, 15) is 9.59 Å². The van der Waals surface area contributed by atoms with Crippen LogP contribution in [0.1, 0.15) is 66.3 Å². The smallest absolute Gasteiger partial charge is 0.182 e. The predicted octanol–water partition coefficient (Wildman–Crippen LogP) is 4.47. The highest BCUT2D eigenvalue weighted by Gasteiger charge is 2.20. The minimum atomic E-state index is -0.394. The topological polar surface area (TPSA) is 80.2 Å². The Morgan fingerprint density at radius 3 is 2.50 bits per heavy atom. The maximum atomic E-state index is 12.7. The van der Waals surface area contributed by atoms with Gasteiger partial charge in [0.2, 0.25) is 0 Å². The number of aromatic nitrogens is 2. The highest BCUT2D eigenvalue weighted by atomic mass is 32.1. The van der Waals surface area contributed by atoms with E-state index in [0.717, 1.165) is 39.8 Å². The Kier molecular flexibility index (Phi) is 8.06. The highest BCUT2D eigenvalue weighted by molar-refractivity contribution is 7.16. The molecule has 0 unspecified atom stereocenters. The van der Waals surface area contributed by atoms with Crippen LogP contribution in [-0.4, -0.2) is 33.2 Å². The number of carbonyl (C=O) groups excluding carboxylic acids is 2. The van der Waals surface area contributed by atoms with Gasteiger partial charge in [-0.3, -0.25) is 9.59 Å². The molecule has 0 saturated heterocycles. The molecular formula is C19H26N2O3S2. The van der Waals surface area contributed by atoms with Crippen molar-refractivity contribution in [3.63, 3.8) is 0 Å². The fourth-order valence-electron chi connectivity index (χ4n) is 2.63. The highest BCUT2D eigenvalue weighted by Crippen LogP contribution is 2.31. The first-order valence-corrected chi connectivity index (χ1v) is 10.7. The average Bonchev–Trinajstić information content (AvgIpc) is 3.20. The number of thiazole rings is 2. The maximum Gasteiger partial charge on any atom is 0.182 e. The summed E-state index contributed by atoms with van der Waals surface area (Å²) in [7, 11) is 0. The number of nitrogens with zero attached hydrogens (tertiary/aromatic N) is 2. The van der Waals surface area contributed by atoms with Crippen molar-refractivity contribution in [1.82, 2.24) is 9.97 Å². The molecule has 2 aromatic heterocycles. The van der Waals surface area contributed by atoms with Gasteiger partial charge in [-0.05, 0) is 32.1 Å². The van der Waals surface area contributed by atoms with Crippen molar-refractivity contribution < 1.29 is 14.7 Å². The zero-order chi connectivity index (χ0) is 19.1. The Balaban J connectivity index is 2.02. The molecule has 5 nitrogen and oxygen atoms in total. The summed E-state index contributed by atoms with van der Waals surface area (Å²) >= 11 is 3.16. The molecule has 142 valence electrons. The Bertz CT molecular complexity index is 750. The molecule has 0 aliphatic carbocycles. The molecular weight excluding hydrogens is 368 g/mol. The number of aliphatic hydroxyl groups is 1. The molecule has 26 heavy (non-hydrogen) atoms. The second-order valence-electron chi connectivity index (χ2n) is 6.82. The number of aliphatic hydroxyl groups excluding tert-OH is 1. The van der Waals surface area contributed by atoms with Gasteiger partial charge in [0.15, 0.2) is 11.6 Å². The second-order valence-corrected chi connectivity index (χ2v) is 8.97. The van der Waals surface area contributed by atoms with Gasteiger partial charge in [-0.25, -0.2) is 9.97 Å². The Morgan fingerprint density at radius 2 is 1.88 bits per heavy atom. The first-order valence-electron chi connectivity index (χ1n) is 8.98. The molecule has 2 heterocycles. The molecule has 0 amide bonds. The van der Waals surface area contributed by atoms with Crippen LogP contribution in [0.3, 0.4) is 0 Å². The van der Waals surface area contributed by atoms with Crippen molar-refractivity contribution in [1.29, 1.82) is 0 Å². The first-order chi connectivity index (χ1) is 12.4. The van der Waals surface area contributed by atoms with Crippen molar-refractivity contribution >= 4 is 34.2 Å². The number of unbranched alkanes of at least 4 members (excludes halogenated alkanes) is 2. The molecule has 0 aliphatic rings. The number of Topliss-reactive ketones (excluding diaryl/α,β-unsaturated/α-hetero) is 2. The van der Waals surface area contributed by atoms with E-state index in [-0.39, 0.29) is 11.6 Å². The van der Waals surface area contributed by atoms with Crippen LogP contribution >= 0.6 is 22.7 Å². The lowest BCUT2D eigenvalue weighted by molar-refractivity contribution is -0.121. The number of rotatable bonds is 11. The van der Waals surface area contributed by atoms with Gasteiger partial charge in [-0.2, -0.15) is 0 Å². The van der Waals surface area contributed by atoms with E-state index < -0.39 is 6.61 Å². The quantitative estimate of drug-likeness (QED) is 0.449. The minimum Gasteiger partial charge on any atom is -0.389 e. The molecule has 2 aromatic rings. The van der Waals surface area contributed by atoms with Crippen molar-refractivity contribution in [2.24, 2.45) is 5.92 Å². The van der Waals surface area contributed by atoms with Crippen molar-refractivity contribution in [2.75, 3.05) is 6.61 Å². The van der Waals surface area contributed by atoms with Crippen LogP contribution in [-0.2, 0) is 11.2 Å². The number of aryl methyl sites for hydroxylation is 1. The number of hydrogen-bond donors (Lipinski definition) is 1. The molecule has 0 fully saturated rings. The Labute approximate surface area is 162 Å². The van der Waals surface area contributed by atoms with E-state index >= 15 is 0 Å². The standard InChI is InChI=1S/C19H26N2O3S2/c1-12(2)9-17-18(16(24)8-6-4-5-7-14(23)10-22)21-19(26-17)15-11-25-13(3)20-15/h11-12,22H,4-10H2,1-3H3. The number of hydrogen-bond acceptors (Lipinski definition) is 7. The summed E-state index contributed by atoms with van der Waals surface area (Å²) in [5, 5.41) is 12.5. The molecule has 0 aromatic carbocycles. The van der Waals surface area contributed by atoms with Gasteiger partial charge in [0.1, 0.15) is 23.0 Å². The van der Waals surface area contributed by atoms with E-state index in [4.69, 9.17) is 5.11 Å². The minimum absolute atomic E-state index is 0.0728. The molecule has 0 saturated carbocycles. The van der Waals surface area contributed by atoms with Gasteiger partial charge < -0.3 is 5.11 Å². The molecule has 0 atom stereocenters. The predicted molar refractivity (Wildman–Crippen MR) is 106 cm³/mol. The van der Waals surface area contributed by atoms with Crippen LogP contribution in [0.2, 0.25) is 0 Å². The van der Waals surface area contributed by atoms with Gasteiger partial charge in [-0.15, -0.1) is 22.7 Å². The summed E-state index contributed by atoms with van der Waals surface area (Å²) in [5.41, 5.74) is 1.44. The normalized spacial score (nSPS) is 11.3. The third kappa shape index (κ3) is 6.07. The molecule has 1 N–H and O–H groups in total. The summed E-state index contributed by atoms with van der Waals surface area (Å²) in [5.74, 6) is 0.387. The van der Waals surface area contributed by atoms with Crippen LogP contribution < -0.4 is 0 Å². The van der Waals surface area contributed by atoms with E-state index in [1.807, 2.05) is 12.3 Å². The van der Waals surface area contributed by atoms with Gasteiger partial charge in [0, 0.05) is 23.1 Å². The molecule has 0 aliphatic heterocycles. The van der Waals surface area contributed by atoms with Crippen LogP contribution in [0.15, 0.2) is 5.38 Å². The van der Waals surface area contributed by atoms with E-state index in [1.165, 1.54) is 0 Å². The molecule has 7 heteroatoms. The summed E-state index contributed by atoms with van der Waals surface area (Å²) < 4.78 is 0. The van der Waals surface area contributed by atoms with Crippen molar-refractivity contribution in [3.8, 4) is 10.7 Å². The number of ketones is 2. The van der Waals surface area contributed by atoms with Crippen LogP contribution in [0.4, 0.5) is 0 Å². The van der Waals surface area contributed by atoms with Gasteiger partial charge >= 0.3 is 0 Å². The van der Waals surface area contributed by atoms with Crippen molar-refractivity contribution in [3.05, 3.63) is 21.0 Å². The maximum absolute atomic E-state index is 12.7. The van der Waals surface area contributed by atoms with Crippen molar-refractivity contribution in [2.45, 2.75) is 59.3 Å². The fourth-order valence-corrected chi connectivity index (χ4v) is 4.56. The number of carbonyl (C=O) groups is 2. The van der Waals surface area contributed by atoms with Crippen LogP contribution in [0.25, 0.3) is 10.7 Å². The van der Waals surface area contributed by atoms with E-state index in [2.05, 4.69) is 23.8 Å². The zero-order valence-electron chi connectivity index (χ0n) is 15.6. The zero-order valence-corrected chi connectivity index (χ0v) is 17.2. The largest absolute Gasteiger partial charge is 0.389 e. The lowest BCUT2D eigenvalue weighted by Crippen LogP contribution is -2.06. The summed E-state index contributed by atoms with van der Waals surface area (Å²) in [6.45, 7) is 5.84. The summed E-state index contributed by atoms with van der Waals surface area (Å²) in [4.78, 5) is 33.9. The van der Waals surface area contributed by atoms with Crippen LogP contribution in [0, 0.1) is 12.8 Å². The lowest BCUT2D eigenvalue weighted by atomic mass is 10.0. The Hall–Kier alpha value is -1.44. The SMILES string of the molecule is Cc1nc(-c2nc(C(=O)CCCCCC(=O)CO)c(CC(C)C)s2)cs1.